The molecule has 20 heavy (non-hydrogen) atoms. The van der Waals surface area contributed by atoms with Gasteiger partial charge in [-0.25, -0.2) is 8.78 Å². The summed E-state index contributed by atoms with van der Waals surface area (Å²) >= 11 is 5.75. The number of para-hydroxylation sites is 1. The fourth-order valence-electron chi connectivity index (χ4n) is 1.90. The van der Waals surface area contributed by atoms with Crippen LogP contribution in [0.3, 0.4) is 0 Å². The maximum Gasteiger partial charge on any atom is 0.146 e. The summed E-state index contributed by atoms with van der Waals surface area (Å²) in [6.45, 7) is 1.38. The molecule has 2 rings (SSSR count). The summed E-state index contributed by atoms with van der Waals surface area (Å²) in [6, 6.07) is 10.3. The van der Waals surface area contributed by atoms with Crippen LogP contribution in [0.5, 0.6) is 0 Å². The fraction of sp³-hybridized carbons (Fsp3) is 0.200. The van der Waals surface area contributed by atoms with Crippen LogP contribution >= 0.6 is 11.6 Å². The molecule has 2 aromatic carbocycles. The Bertz CT molecular complexity index is 621. The zero-order valence-corrected chi connectivity index (χ0v) is 11.6. The molecule has 0 spiro atoms. The minimum absolute atomic E-state index is 0.0440. The van der Waals surface area contributed by atoms with Crippen LogP contribution in [-0.2, 0) is 5.54 Å². The lowest BCUT2D eigenvalue weighted by molar-refractivity contribution is 0.223. The van der Waals surface area contributed by atoms with Gasteiger partial charge in [-0.2, -0.15) is 0 Å². The molecule has 2 nitrogen and oxygen atoms in total. The largest absolute Gasteiger partial charge is 0.394 e. The standard InChI is InChI=1S/C15H14ClF2NO/c1-15(9-20,10-6-7-12(17)11(16)8-10)19-14-5-3-2-4-13(14)18/h2-8,19-20H,9H2,1H3. The lowest BCUT2D eigenvalue weighted by Crippen LogP contribution is -2.36. The van der Waals surface area contributed by atoms with E-state index in [4.69, 9.17) is 11.6 Å². The molecular formula is C15H14ClF2NO. The molecular weight excluding hydrogens is 284 g/mol. The van der Waals surface area contributed by atoms with E-state index in [0.717, 1.165) is 0 Å². The number of hydrogen-bond acceptors (Lipinski definition) is 2. The molecule has 5 heteroatoms. The third-order valence-electron chi connectivity index (χ3n) is 3.16. The SMILES string of the molecule is CC(CO)(Nc1ccccc1F)c1ccc(F)c(Cl)c1. The third kappa shape index (κ3) is 2.92. The van der Waals surface area contributed by atoms with Crippen LogP contribution in [0, 0.1) is 11.6 Å². The molecule has 106 valence electrons. The average molecular weight is 298 g/mol. The highest BCUT2D eigenvalue weighted by atomic mass is 35.5. The third-order valence-corrected chi connectivity index (χ3v) is 3.45. The molecule has 0 bridgehead atoms. The normalized spacial score (nSPS) is 13.8. The Balaban J connectivity index is 2.38. The van der Waals surface area contributed by atoms with Crippen molar-refractivity contribution in [2.45, 2.75) is 12.5 Å². The van der Waals surface area contributed by atoms with Gasteiger partial charge in [0.1, 0.15) is 11.6 Å². The lowest BCUT2D eigenvalue weighted by atomic mass is 9.92. The highest BCUT2D eigenvalue weighted by Crippen LogP contribution is 2.29. The molecule has 1 atom stereocenters. The van der Waals surface area contributed by atoms with Gasteiger partial charge in [-0.15, -0.1) is 0 Å². The van der Waals surface area contributed by atoms with Crippen LogP contribution in [0.4, 0.5) is 14.5 Å². The number of rotatable bonds is 4. The predicted octanol–water partition coefficient (Wildman–Crippen LogP) is 3.94. The van der Waals surface area contributed by atoms with Crippen molar-refractivity contribution < 1.29 is 13.9 Å². The number of hydrogen-bond donors (Lipinski definition) is 2. The summed E-state index contributed by atoms with van der Waals surface area (Å²) in [7, 11) is 0. The van der Waals surface area contributed by atoms with Gasteiger partial charge < -0.3 is 10.4 Å². The average Bonchev–Trinajstić information content (AvgIpc) is 2.44. The number of anilines is 1. The Morgan fingerprint density at radius 2 is 1.85 bits per heavy atom. The van der Waals surface area contributed by atoms with Crippen molar-refractivity contribution >= 4 is 17.3 Å². The zero-order valence-electron chi connectivity index (χ0n) is 10.8. The second kappa shape index (κ2) is 5.77. The fourth-order valence-corrected chi connectivity index (χ4v) is 2.08. The number of aliphatic hydroxyl groups is 1. The van der Waals surface area contributed by atoms with Crippen molar-refractivity contribution in [3.05, 3.63) is 64.7 Å². The van der Waals surface area contributed by atoms with E-state index in [1.807, 2.05) is 0 Å². The van der Waals surface area contributed by atoms with Crippen LogP contribution in [0.15, 0.2) is 42.5 Å². The van der Waals surface area contributed by atoms with E-state index >= 15 is 0 Å². The quantitative estimate of drug-likeness (QED) is 0.896. The zero-order chi connectivity index (χ0) is 14.8. The first-order valence-electron chi connectivity index (χ1n) is 6.05. The monoisotopic (exact) mass is 297 g/mol. The summed E-state index contributed by atoms with van der Waals surface area (Å²) in [6.07, 6.45) is 0. The first-order valence-corrected chi connectivity index (χ1v) is 6.43. The van der Waals surface area contributed by atoms with Crippen LogP contribution in [0.25, 0.3) is 0 Å². The van der Waals surface area contributed by atoms with Crippen LogP contribution < -0.4 is 5.32 Å². The molecule has 0 amide bonds. The van der Waals surface area contributed by atoms with E-state index in [9.17, 15) is 13.9 Å². The molecule has 0 aliphatic carbocycles. The number of benzene rings is 2. The summed E-state index contributed by atoms with van der Waals surface area (Å²) in [4.78, 5) is 0. The van der Waals surface area contributed by atoms with E-state index < -0.39 is 17.2 Å². The second-order valence-electron chi connectivity index (χ2n) is 4.72. The van der Waals surface area contributed by atoms with Gasteiger partial charge in [-0.1, -0.05) is 29.8 Å². The van der Waals surface area contributed by atoms with Gasteiger partial charge in [-0.05, 0) is 36.8 Å². The summed E-state index contributed by atoms with van der Waals surface area (Å²) < 4.78 is 26.9. The molecule has 0 fully saturated rings. The first kappa shape index (κ1) is 14.8. The van der Waals surface area contributed by atoms with Crippen molar-refractivity contribution in [2.24, 2.45) is 0 Å². The Hall–Kier alpha value is -1.65. The molecule has 0 saturated heterocycles. The molecule has 0 heterocycles. The van der Waals surface area contributed by atoms with Crippen molar-refractivity contribution in [1.82, 2.24) is 0 Å². The smallest absolute Gasteiger partial charge is 0.146 e. The lowest BCUT2D eigenvalue weighted by Gasteiger charge is -2.31. The molecule has 0 radical (unpaired) electrons. The van der Waals surface area contributed by atoms with Crippen molar-refractivity contribution in [3.8, 4) is 0 Å². The molecule has 2 aromatic rings. The highest BCUT2D eigenvalue weighted by molar-refractivity contribution is 6.30. The van der Waals surface area contributed by atoms with E-state index in [1.54, 1.807) is 25.1 Å². The van der Waals surface area contributed by atoms with Gasteiger partial charge in [0.25, 0.3) is 0 Å². The number of aliphatic hydroxyl groups excluding tert-OH is 1. The topological polar surface area (TPSA) is 32.3 Å². The van der Waals surface area contributed by atoms with E-state index in [0.29, 0.717) is 5.56 Å². The minimum atomic E-state index is -0.973. The van der Waals surface area contributed by atoms with E-state index in [1.165, 1.54) is 24.3 Å². The molecule has 0 aromatic heterocycles. The summed E-state index contributed by atoms with van der Waals surface area (Å²) in [5.74, 6) is -0.970. The van der Waals surface area contributed by atoms with Crippen LogP contribution in [0.2, 0.25) is 5.02 Å². The molecule has 1 unspecified atom stereocenters. The van der Waals surface area contributed by atoms with Gasteiger partial charge in [-0.3, -0.25) is 0 Å². The van der Waals surface area contributed by atoms with Gasteiger partial charge in [0.15, 0.2) is 0 Å². The van der Waals surface area contributed by atoms with Crippen molar-refractivity contribution in [1.29, 1.82) is 0 Å². The molecule has 0 aliphatic rings. The Morgan fingerprint density at radius 3 is 2.45 bits per heavy atom. The Kier molecular flexibility index (Phi) is 4.26. The predicted molar refractivity (Wildman–Crippen MR) is 75.9 cm³/mol. The summed E-state index contributed by atoms with van der Waals surface area (Å²) in [5.41, 5.74) is -0.154. The number of nitrogens with one attached hydrogen (secondary N) is 1. The first-order chi connectivity index (χ1) is 9.46. The van der Waals surface area contributed by atoms with Crippen molar-refractivity contribution in [3.63, 3.8) is 0 Å². The Morgan fingerprint density at radius 1 is 1.15 bits per heavy atom. The van der Waals surface area contributed by atoms with Gasteiger partial charge >= 0.3 is 0 Å². The summed E-state index contributed by atoms with van der Waals surface area (Å²) in [5, 5.41) is 12.5. The van der Waals surface area contributed by atoms with E-state index in [2.05, 4.69) is 5.32 Å². The second-order valence-corrected chi connectivity index (χ2v) is 5.13. The van der Waals surface area contributed by atoms with E-state index in [-0.39, 0.29) is 17.3 Å². The van der Waals surface area contributed by atoms with Gasteiger partial charge in [0, 0.05) is 0 Å². The molecule has 2 N–H and O–H groups in total. The van der Waals surface area contributed by atoms with Crippen LogP contribution in [0.1, 0.15) is 12.5 Å². The molecule has 0 saturated carbocycles. The minimum Gasteiger partial charge on any atom is -0.394 e. The maximum absolute atomic E-state index is 13.7. The highest BCUT2D eigenvalue weighted by Gasteiger charge is 2.27. The Labute approximate surface area is 121 Å². The van der Waals surface area contributed by atoms with Crippen LogP contribution in [-0.4, -0.2) is 11.7 Å². The van der Waals surface area contributed by atoms with Crippen molar-refractivity contribution in [2.75, 3.05) is 11.9 Å². The molecule has 0 aliphatic heterocycles. The van der Waals surface area contributed by atoms with Gasteiger partial charge in [0.05, 0.1) is 22.9 Å². The maximum atomic E-state index is 13.7. The van der Waals surface area contributed by atoms with Gasteiger partial charge in [0.2, 0.25) is 0 Å². The number of halogens is 3.